The van der Waals surface area contributed by atoms with Gasteiger partial charge in [0.05, 0.1) is 18.1 Å². The highest BCUT2D eigenvalue weighted by Gasteiger charge is 2.35. The fourth-order valence-electron chi connectivity index (χ4n) is 2.85. The summed E-state index contributed by atoms with van der Waals surface area (Å²) < 4.78 is 29.8. The Morgan fingerprint density at radius 2 is 1.96 bits per heavy atom. The molecule has 0 radical (unpaired) electrons. The van der Waals surface area contributed by atoms with Crippen LogP contribution in [0.2, 0.25) is 0 Å². The van der Waals surface area contributed by atoms with Gasteiger partial charge in [-0.3, -0.25) is 4.79 Å². The highest BCUT2D eigenvalue weighted by molar-refractivity contribution is 9.10. The second-order valence-electron chi connectivity index (χ2n) is 6.06. The van der Waals surface area contributed by atoms with Crippen molar-refractivity contribution >= 4 is 31.7 Å². The first-order valence-electron chi connectivity index (χ1n) is 7.66. The summed E-state index contributed by atoms with van der Waals surface area (Å²) in [5.74, 6) is 0.570. The van der Waals surface area contributed by atoms with E-state index in [1.54, 1.807) is 29.2 Å². The van der Waals surface area contributed by atoms with Crippen molar-refractivity contribution < 1.29 is 17.6 Å². The van der Waals surface area contributed by atoms with Gasteiger partial charge >= 0.3 is 0 Å². The lowest BCUT2D eigenvalue weighted by Gasteiger charge is -2.27. The number of nitrogens with zero attached hydrogens (tertiary/aromatic N) is 1. The van der Waals surface area contributed by atoms with Gasteiger partial charge in [-0.25, -0.2) is 8.42 Å². The Bertz CT molecular complexity index is 842. The summed E-state index contributed by atoms with van der Waals surface area (Å²) in [6.45, 7) is 2.20. The molecule has 1 amide bonds. The molecule has 3 rings (SSSR count). The molecule has 0 bridgehead atoms. The topological polar surface area (TPSA) is 67.6 Å². The lowest BCUT2D eigenvalue weighted by atomic mass is 10.1. The Morgan fingerprint density at radius 3 is 2.50 bits per heavy atom. The number of aryl methyl sites for hydroxylation is 1. The van der Waals surface area contributed by atoms with Crippen LogP contribution in [0, 0.1) is 6.92 Å². The van der Waals surface area contributed by atoms with Gasteiger partial charge in [-0.2, -0.15) is 0 Å². The molecule has 1 aliphatic heterocycles. The smallest absolute Gasteiger partial charge is 0.254 e. The van der Waals surface area contributed by atoms with E-state index in [4.69, 9.17) is 4.42 Å². The molecule has 1 aromatic heterocycles. The molecule has 1 aromatic carbocycles. The Hall–Kier alpha value is -1.60. The second-order valence-corrected chi connectivity index (χ2v) is 9.07. The van der Waals surface area contributed by atoms with E-state index in [2.05, 4.69) is 15.9 Å². The van der Waals surface area contributed by atoms with Gasteiger partial charge in [-0.15, -0.1) is 0 Å². The third-order valence-electron chi connectivity index (χ3n) is 4.16. The van der Waals surface area contributed by atoms with Gasteiger partial charge in [0, 0.05) is 11.6 Å². The Labute approximate surface area is 149 Å². The third kappa shape index (κ3) is 3.89. The average Bonchev–Trinajstić information content (AvgIpc) is 3.10. The summed E-state index contributed by atoms with van der Waals surface area (Å²) in [7, 11) is -3.08. The van der Waals surface area contributed by atoms with Gasteiger partial charge in [0.1, 0.15) is 5.76 Å². The van der Waals surface area contributed by atoms with Gasteiger partial charge in [0.15, 0.2) is 14.5 Å². The Balaban J connectivity index is 1.88. The molecule has 5 nitrogen and oxygen atoms in total. The first kappa shape index (κ1) is 17.2. The number of hydrogen-bond acceptors (Lipinski definition) is 4. The molecule has 0 aliphatic carbocycles. The average molecular weight is 412 g/mol. The third-order valence-corrected chi connectivity index (χ3v) is 6.34. The molecule has 1 aliphatic rings. The van der Waals surface area contributed by atoms with Gasteiger partial charge in [0.25, 0.3) is 5.91 Å². The monoisotopic (exact) mass is 411 g/mol. The largest absolute Gasteiger partial charge is 0.452 e. The minimum absolute atomic E-state index is 0.00643. The number of amides is 1. The highest BCUT2D eigenvalue weighted by Crippen LogP contribution is 2.24. The van der Waals surface area contributed by atoms with Crippen LogP contribution < -0.4 is 0 Å². The van der Waals surface area contributed by atoms with E-state index in [1.165, 1.54) is 0 Å². The molecule has 128 valence electrons. The van der Waals surface area contributed by atoms with Crippen molar-refractivity contribution in [2.75, 3.05) is 11.5 Å². The van der Waals surface area contributed by atoms with E-state index in [1.807, 2.05) is 19.1 Å². The molecule has 1 unspecified atom stereocenters. The summed E-state index contributed by atoms with van der Waals surface area (Å²) in [5.41, 5.74) is 1.62. The second kappa shape index (κ2) is 6.72. The van der Waals surface area contributed by atoms with Crippen molar-refractivity contribution in [2.24, 2.45) is 0 Å². The van der Waals surface area contributed by atoms with Crippen LogP contribution in [-0.4, -0.2) is 36.8 Å². The zero-order valence-corrected chi connectivity index (χ0v) is 15.6. The van der Waals surface area contributed by atoms with Gasteiger partial charge in [0.2, 0.25) is 0 Å². The van der Waals surface area contributed by atoms with Crippen LogP contribution in [-0.2, 0) is 16.4 Å². The van der Waals surface area contributed by atoms with Crippen LogP contribution in [0.5, 0.6) is 0 Å². The molecule has 0 saturated carbocycles. The number of carbonyl (C=O) groups excluding carboxylic acids is 1. The molecule has 2 aromatic rings. The van der Waals surface area contributed by atoms with Crippen LogP contribution in [0.3, 0.4) is 0 Å². The van der Waals surface area contributed by atoms with Crippen molar-refractivity contribution in [1.29, 1.82) is 0 Å². The maximum atomic E-state index is 12.9. The van der Waals surface area contributed by atoms with Crippen LogP contribution in [0.1, 0.15) is 28.1 Å². The molecule has 0 spiro atoms. The van der Waals surface area contributed by atoms with Crippen LogP contribution in [0.15, 0.2) is 45.5 Å². The van der Waals surface area contributed by atoms with Crippen LogP contribution >= 0.6 is 15.9 Å². The molecular weight excluding hydrogens is 394 g/mol. The first-order valence-corrected chi connectivity index (χ1v) is 10.3. The van der Waals surface area contributed by atoms with E-state index in [9.17, 15) is 13.2 Å². The number of halogens is 1. The zero-order valence-electron chi connectivity index (χ0n) is 13.2. The van der Waals surface area contributed by atoms with E-state index >= 15 is 0 Å². The van der Waals surface area contributed by atoms with E-state index < -0.39 is 9.84 Å². The van der Waals surface area contributed by atoms with Gasteiger partial charge < -0.3 is 9.32 Å². The van der Waals surface area contributed by atoms with Crippen molar-refractivity contribution in [1.82, 2.24) is 4.90 Å². The minimum atomic E-state index is -3.08. The van der Waals surface area contributed by atoms with Gasteiger partial charge in [-0.1, -0.05) is 17.7 Å². The zero-order chi connectivity index (χ0) is 17.3. The van der Waals surface area contributed by atoms with Crippen molar-refractivity contribution in [3.8, 4) is 0 Å². The molecule has 2 heterocycles. The summed E-state index contributed by atoms with van der Waals surface area (Å²) in [5, 5.41) is 0. The molecule has 7 heteroatoms. The van der Waals surface area contributed by atoms with E-state index in [0.717, 1.165) is 5.56 Å². The van der Waals surface area contributed by atoms with Crippen molar-refractivity contribution in [2.45, 2.75) is 25.9 Å². The van der Waals surface area contributed by atoms with E-state index in [0.29, 0.717) is 22.4 Å². The van der Waals surface area contributed by atoms with E-state index in [-0.39, 0.29) is 30.0 Å². The number of furan rings is 1. The summed E-state index contributed by atoms with van der Waals surface area (Å²) in [6, 6.07) is 10.5. The van der Waals surface area contributed by atoms with Crippen LogP contribution in [0.4, 0.5) is 0 Å². The number of rotatable bonds is 4. The quantitative estimate of drug-likeness (QED) is 0.774. The molecule has 1 atom stereocenters. The number of carbonyl (C=O) groups is 1. The summed E-state index contributed by atoms with van der Waals surface area (Å²) >= 11 is 3.25. The lowest BCUT2D eigenvalue weighted by Crippen LogP contribution is -2.40. The van der Waals surface area contributed by atoms with Gasteiger partial charge in [-0.05, 0) is 53.5 Å². The molecule has 1 fully saturated rings. The summed E-state index contributed by atoms with van der Waals surface area (Å²) in [4.78, 5) is 14.6. The first-order chi connectivity index (χ1) is 11.3. The Kier molecular flexibility index (Phi) is 4.83. The maximum Gasteiger partial charge on any atom is 0.254 e. The lowest BCUT2D eigenvalue weighted by molar-refractivity contribution is 0.0665. The number of hydrogen-bond donors (Lipinski definition) is 0. The number of sulfone groups is 1. The van der Waals surface area contributed by atoms with Crippen LogP contribution in [0.25, 0.3) is 0 Å². The number of benzene rings is 1. The molecule has 24 heavy (non-hydrogen) atoms. The maximum absolute atomic E-state index is 12.9. The minimum Gasteiger partial charge on any atom is -0.452 e. The summed E-state index contributed by atoms with van der Waals surface area (Å²) in [6.07, 6.45) is 0.460. The molecular formula is C17H18BrNO4S. The Morgan fingerprint density at radius 1 is 1.25 bits per heavy atom. The fraction of sp³-hybridized carbons (Fsp3) is 0.353. The van der Waals surface area contributed by atoms with Crippen molar-refractivity contribution in [3.63, 3.8) is 0 Å². The SMILES string of the molecule is Cc1ccc(C(=O)N(Cc2ccc(Br)o2)C2CCS(=O)(=O)C2)cc1. The van der Waals surface area contributed by atoms with Crippen molar-refractivity contribution in [3.05, 3.63) is 58.0 Å². The molecule has 0 N–H and O–H groups in total. The fourth-order valence-corrected chi connectivity index (χ4v) is 4.93. The standard InChI is InChI=1S/C17H18BrNO4S/c1-12-2-4-13(5-3-12)17(20)19(10-15-6-7-16(18)23-15)14-8-9-24(21,22)11-14/h2-7,14H,8-11H2,1H3. The predicted octanol–water partition coefficient (Wildman–Crippen LogP) is 3.18. The molecule has 1 saturated heterocycles. The predicted molar refractivity (Wildman–Crippen MR) is 94.5 cm³/mol. The highest BCUT2D eigenvalue weighted by atomic mass is 79.9. The normalized spacial score (nSPS) is 19.3.